The number of anilines is 1. The Hall–Kier alpha value is -3.77. The zero-order valence-corrected chi connectivity index (χ0v) is 27.1. The summed E-state index contributed by atoms with van der Waals surface area (Å²) in [6, 6.07) is 20.2. The van der Waals surface area contributed by atoms with Gasteiger partial charge in [-0.1, -0.05) is 56.7 Å². The molecule has 0 unspecified atom stereocenters. The molecule has 0 spiro atoms. The van der Waals surface area contributed by atoms with Gasteiger partial charge < -0.3 is 33.4 Å². The lowest BCUT2D eigenvalue weighted by molar-refractivity contribution is 0.0101. The summed E-state index contributed by atoms with van der Waals surface area (Å²) < 4.78 is 32.1. The van der Waals surface area contributed by atoms with Crippen molar-refractivity contribution in [1.82, 2.24) is 9.97 Å². The fourth-order valence-electron chi connectivity index (χ4n) is 4.41. The molecule has 3 aromatic carbocycles. The minimum Gasteiger partial charge on any atom is -0.454 e. The van der Waals surface area contributed by atoms with E-state index in [0.717, 1.165) is 59.7 Å². The topological polar surface area (TPSA) is 113 Å². The summed E-state index contributed by atoms with van der Waals surface area (Å²) in [6.07, 6.45) is 3.83. The first-order chi connectivity index (χ1) is 22.1. The first-order valence-electron chi connectivity index (χ1n) is 15.3. The number of unbranched alkanes of at least 4 members (excludes halogenated alkanes) is 1. The molecule has 10 nitrogen and oxygen atoms in total. The minimum atomic E-state index is -0.548. The molecular weight excluding hydrogens is 594 g/mol. The second kappa shape index (κ2) is 18.9. The van der Waals surface area contributed by atoms with Crippen LogP contribution in [0.4, 0.5) is 10.7 Å². The SMILES string of the molecule is CCCCOCCOCCOCc1cc2c(cc1CCC)OCO2.COC(=O)Nc1nc2ccc(Sc3ccccc3)cc2[nH]1. The Morgan fingerprint density at radius 2 is 1.58 bits per heavy atom. The lowest BCUT2D eigenvalue weighted by Crippen LogP contribution is -2.11. The molecule has 0 fully saturated rings. The molecule has 0 radical (unpaired) electrons. The van der Waals surface area contributed by atoms with E-state index in [1.807, 2.05) is 42.5 Å². The van der Waals surface area contributed by atoms with Crippen molar-refractivity contribution in [3.63, 3.8) is 0 Å². The number of nitrogens with zero attached hydrogens (tertiary/aromatic N) is 1. The highest BCUT2D eigenvalue weighted by molar-refractivity contribution is 7.99. The van der Waals surface area contributed by atoms with Crippen LogP contribution in [-0.2, 0) is 32.0 Å². The molecule has 0 atom stereocenters. The molecule has 0 saturated heterocycles. The van der Waals surface area contributed by atoms with E-state index in [0.29, 0.717) is 45.8 Å². The van der Waals surface area contributed by atoms with Gasteiger partial charge in [0.15, 0.2) is 11.5 Å². The number of fused-ring (bicyclic) bond motifs is 2. The van der Waals surface area contributed by atoms with Gasteiger partial charge in [-0.2, -0.15) is 0 Å². The van der Waals surface area contributed by atoms with Crippen molar-refractivity contribution >= 4 is 34.8 Å². The number of aromatic amines is 1. The molecule has 1 aliphatic heterocycles. The molecule has 4 aromatic rings. The number of carbonyl (C=O) groups excluding carboxylic acids is 1. The summed E-state index contributed by atoms with van der Waals surface area (Å²) in [6.45, 7) is 8.47. The maximum absolute atomic E-state index is 11.2. The van der Waals surface area contributed by atoms with E-state index < -0.39 is 6.09 Å². The highest BCUT2D eigenvalue weighted by atomic mass is 32.2. The molecule has 1 aromatic heterocycles. The number of H-pyrrole nitrogens is 1. The fourth-order valence-corrected chi connectivity index (χ4v) is 5.29. The van der Waals surface area contributed by atoms with Gasteiger partial charge in [-0.25, -0.2) is 9.78 Å². The number of hydrogen-bond donors (Lipinski definition) is 2. The van der Waals surface area contributed by atoms with Crippen molar-refractivity contribution in [2.75, 3.05) is 52.3 Å². The zero-order valence-electron chi connectivity index (χ0n) is 26.3. The number of hydrogen-bond acceptors (Lipinski definition) is 9. The van der Waals surface area contributed by atoms with E-state index in [1.165, 1.54) is 23.1 Å². The van der Waals surface area contributed by atoms with Gasteiger partial charge in [0.05, 0.1) is 51.2 Å². The van der Waals surface area contributed by atoms with Crippen molar-refractivity contribution in [1.29, 1.82) is 0 Å². The molecule has 11 heteroatoms. The van der Waals surface area contributed by atoms with Gasteiger partial charge in [-0.15, -0.1) is 0 Å². The van der Waals surface area contributed by atoms with Crippen LogP contribution >= 0.6 is 11.8 Å². The summed E-state index contributed by atoms with van der Waals surface area (Å²) in [5.74, 6) is 2.03. The molecule has 242 valence electrons. The highest BCUT2D eigenvalue weighted by Gasteiger charge is 2.17. The summed E-state index contributed by atoms with van der Waals surface area (Å²) in [5, 5.41) is 2.52. The lowest BCUT2D eigenvalue weighted by atomic mass is 10.0. The number of rotatable bonds is 16. The number of imidazole rings is 1. The Kier molecular flexibility index (Phi) is 14.3. The van der Waals surface area contributed by atoms with Crippen LogP contribution in [0.3, 0.4) is 0 Å². The Morgan fingerprint density at radius 1 is 0.867 bits per heavy atom. The van der Waals surface area contributed by atoms with Gasteiger partial charge in [0.2, 0.25) is 12.7 Å². The van der Waals surface area contributed by atoms with E-state index in [4.69, 9.17) is 23.7 Å². The smallest absolute Gasteiger partial charge is 0.413 e. The fraction of sp³-hybridized carbons (Fsp3) is 0.412. The molecular formula is C34H43N3O7S. The number of benzene rings is 3. The highest BCUT2D eigenvalue weighted by Crippen LogP contribution is 2.35. The Labute approximate surface area is 269 Å². The van der Waals surface area contributed by atoms with Gasteiger partial charge in [0, 0.05) is 16.4 Å². The number of aryl methyl sites for hydroxylation is 1. The Morgan fingerprint density at radius 3 is 2.29 bits per heavy atom. The molecule has 2 N–H and O–H groups in total. The predicted molar refractivity (Wildman–Crippen MR) is 175 cm³/mol. The summed E-state index contributed by atoms with van der Waals surface area (Å²) >= 11 is 1.67. The van der Waals surface area contributed by atoms with Crippen LogP contribution in [0.5, 0.6) is 11.5 Å². The molecule has 0 aliphatic carbocycles. The first-order valence-corrected chi connectivity index (χ1v) is 16.1. The van der Waals surface area contributed by atoms with Gasteiger partial charge in [0.25, 0.3) is 0 Å². The van der Waals surface area contributed by atoms with Gasteiger partial charge in [0.1, 0.15) is 0 Å². The van der Waals surface area contributed by atoms with Gasteiger partial charge in [-0.3, -0.25) is 5.32 Å². The number of methoxy groups -OCH3 is 1. The van der Waals surface area contributed by atoms with Crippen LogP contribution in [0.1, 0.15) is 44.2 Å². The van der Waals surface area contributed by atoms with Crippen LogP contribution < -0.4 is 14.8 Å². The monoisotopic (exact) mass is 637 g/mol. The molecule has 45 heavy (non-hydrogen) atoms. The third-order valence-corrected chi connectivity index (χ3v) is 7.69. The predicted octanol–water partition coefficient (Wildman–Crippen LogP) is 7.61. The standard InChI is InChI=1S/C19H30O5.C15H13N3O2S/c1-3-5-7-20-8-9-21-10-11-22-14-17-13-19-18(23-15-24-19)12-16(17)6-4-2;1-20-15(19)18-14-16-12-8-7-11(9-13(12)17-14)21-10-5-3-2-4-6-10/h12-13H,3-11,14-15H2,1-2H3;2-9H,1H3,(H2,16,17,18,19). The van der Waals surface area contributed by atoms with Gasteiger partial charge >= 0.3 is 6.09 Å². The Bertz CT molecular complexity index is 1470. The van der Waals surface area contributed by atoms with Crippen LogP contribution in [0.2, 0.25) is 0 Å². The van der Waals surface area contributed by atoms with E-state index >= 15 is 0 Å². The summed E-state index contributed by atoms with van der Waals surface area (Å²) in [5.41, 5.74) is 4.09. The zero-order chi connectivity index (χ0) is 31.7. The molecule has 2 heterocycles. The van der Waals surface area contributed by atoms with Gasteiger partial charge in [-0.05, 0) is 66.4 Å². The van der Waals surface area contributed by atoms with Crippen LogP contribution in [-0.4, -0.2) is 63.0 Å². The quantitative estimate of drug-likeness (QED) is 0.120. The van der Waals surface area contributed by atoms with Crippen molar-refractivity contribution in [2.45, 2.75) is 55.9 Å². The normalized spacial score (nSPS) is 11.7. The summed E-state index contributed by atoms with van der Waals surface area (Å²) in [4.78, 5) is 20.8. The number of aromatic nitrogens is 2. The lowest BCUT2D eigenvalue weighted by Gasteiger charge is -2.11. The molecule has 1 amide bonds. The second-order valence-corrected chi connectivity index (χ2v) is 11.3. The number of amides is 1. The van der Waals surface area contributed by atoms with Crippen molar-refractivity contribution in [3.05, 3.63) is 71.8 Å². The second-order valence-electron chi connectivity index (χ2n) is 10.2. The summed E-state index contributed by atoms with van der Waals surface area (Å²) in [7, 11) is 1.31. The van der Waals surface area contributed by atoms with E-state index in [9.17, 15) is 4.79 Å². The largest absolute Gasteiger partial charge is 0.454 e. The van der Waals surface area contributed by atoms with Crippen LogP contribution in [0.15, 0.2) is 70.5 Å². The number of carbonyl (C=O) groups is 1. The third kappa shape index (κ3) is 11.3. The molecule has 5 rings (SSSR count). The van der Waals surface area contributed by atoms with Crippen LogP contribution in [0.25, 0.3) is 11.0 Å². The maximum Gasteiger partial charge on any atom is 0.413 e. The third-order valence-electron chi connectivity index (χ3n) is 6.70. The van der Waals surface area contributed by atoms with E-state index in [1.54, 1.807) is 11.8 Å². The average Bonchev–Trinajstić information content (AvgIpc) is 3.68. The van der Waals surface area contributed by atoms with Crippen LogP contribution in [0, 0.1) is 0 Å². The van der Waals surface area contributed by atoms with Crippen molar-refractivity contribution in [3.8, 4) is 11.5 Å². The van der Waals surface area contributed by atoms with Crippen molar-refractivity contribution < 1.29 is 33.2 Å². The average molecular weight is 638 g/mol. The molecule has 1 aliphatic rings. The number of ether oxygens (including phenoxy) is 6. The Balaban J connectivity index is 0.000000206. The van der Waals surface area contributed by atoms with Crippen molar-refractivity contribution in [2.24, 2.45) is 0 Å². The number of nitrogens with one attached hydrogen (secondary N) is 2. The van der Waals surface area contributed by atoms with E-state index in [2.05, 4.69) is 52.1 Å². The first kappa shape index (κ1) is 34.1. The maximum atomic E-state index is 11.2. The molecule has 0 saturated carbocycles. The minimum absolute atomic E-state index is 0.305. The van der Waals surface area contributed by atoms with E-state index in [-0.39, 0.29) is 0 Å². The molecule has 0 bridgehead atoms.